The molecule has 0 saturated heterocycles. The molecule has 24 heavy (non-hydrogen) atoms. The molecule has 4 nitrogen and oxygen atoms in total. The Morgan fingerprint density at radius 3 is 2.67 bits per heavy atom. The number of thiophene rings is 1. The fraction of sp³-hybridized carbons (Fsp3) is 0.105. The molecule has 1 aliphatic rings. The van der Waals surface area contributed by atoms with Crippen LogP contribution in [0.15, 0.2) is 65.1 Å². The van der Waals surface area contributed by atoms with Crippen molar-refractivity contribution in [3.63, 3.8) is 0 Å². The first-order chi connectivity index (χ1) is 11.7. The summed E-state index contributed by atoms with van der Waals surface area (Å²) in [6.45, 7) is 2.05. The minimum Gasteiger partial charge on any atom is -0.308 e. The van der Waals surface area contributed by atoms with Crippen LogP contribution in [0.4, 0.5) is 5.82 Å². The third-order valence-electron chi connectivity index (χ3n) is 3.95. The second-order valence-corrected chi connectivity index (χ2v) is 6.63. The van der Waals surface area contributed by atoms with Gasteiger partial charge in [0, 0.05) is 22.2 Å². The van der Waals surface area contributed by atoms with Gasteiger partial charge in [0.15, 0.2) is 6.04 Å². The van der Waals surface area contributed by atoms with E-state index in [4.69, 9.17) is 4.99 Å². The highest BCUT2D eigenvalue weighted by molar-refractivity contribution is 7.10. The second-order valence-electron chi connectivity index (χ2n) is 5.65. The highest BCUT2D eigenvalue weighted by Gasteiger charge is 2.28. The molecule has 1 amide bonds. The zero-order chi connectivity index (χ0) is 16.5. The predicted octanol–water partition coefficient (Wildman–Crippen LogP) is 3.98. The number of nitrogens with one attached hydrogen (secondary N) is 1. The average Bonchev–Trinajstić information content (AvgIpc) is 3.07. The molecule has 0 aliphatic carbocycles. The Hall–Kier alpha value is -2.79. The Morgan fingerprint density at radius 2 is 1.92 bits per heavy atom. The SMILES string of the molecule is Cc1ccc(C2=NC(c3cccs3)C(=O)Nc3ncccc32)cc1. The van der Waals surface area contributed by atoms with Crippen LogP contribution in [0, 0.1) is 6.92 Å². The summed E-state index contributed by atoms with van der Waals surface area (Å²) in [4.78, 5) is 22.7. The standard InChI is InChI=1S/C19H15N3OS/c1-12-6-8-13(9-7-12)16-14-4-2-10-20-18(14)22-19(23)17(21-16)15-5-3-11-24-15/h2-11,17H,1H3,(H,20,22,23). The molecule has 5 heteroatoms. The smallest absolute Gasteiger partial charge is 0.255 e. The third kappa shape index (κ3) is 2.63. The number of carbonyl (C=O) groups is 1. The summed E-state index contributed by atoms with van der Waals surface area (Å²) in [5, 5.41) is 4.87. The minimum atomic E-state index is -0.560. The van der Waals surface area contributed by atoms with E-state index in [0.717, 1.165) is 21.7 Å². The first-order valence-corrected chi connectivity index (χ1v) is 8.55. The summed E-state index contributed by atoms with van der Waals surface area (Å²) in [6, 6.07) is 15.3. The van der Waals surface area contributed by atoms with Crippen LogP contribution in [0.3, 0.4) is 0 Å². The molecule has 1 unspecified atom stereocenters. The predicted molar refractivity (Wildman–Crippen MR) is 96.7 cm³/mol. The van der Waals surface area contributed by atoms with E-state index in [1.54, 1.807) is 6.20 Å². The molecule has 1 atom stereocenters. The number of amides is 1. The van der Waals surface area contributed by atoms with E-state index >= 15 is 0 Å². The van der Waals surface area contributed by atoms with Crippen LogP contribution in [0.1, 0.15) is 27.6 Å². The van der Waals surface area contributed by atoms with Gasteiger partial charge in [0.2, 0.25) is 0 Å². The Balaban J connectivity index is 1.92. The molecule has 3 heterocycles. The van der Waals surface area contributed by atoms with Gasteiger partial charge in [-0.05, 0) is 30.5 Å². The largest absolute Gasteiger partial charge is 0.308 e. The number of hydrogen-bond acceptors (Lipinski definition) is 4. The number of benzene rings is 1. The molecule has 0 fully saturated rings. The lowest BCUT2D eigenvalue weighted by Crippen LogP contribution is -2.18. The summed E-state index contributed by atoms with van der Waals surface area (Å²) >= 11 is 1.53. The van der Waals surface area contributed by atoms with Crippen molar-refractivity contribution < 1.29 is 4.79 Å². The summed E-state index contributed by atoms with van der Waals surface area (Å²) in [5.74, 6) is 0.403. The number of rotatable bonds is 2. The van der Waals surface area contributed by atoms with Gasteiger partial charge < -0.3 is 5.32 Å². The maximum Gasteiger partial charge on any atom is 0.255 e. The summed E-state index contributed by atoms with van der Waals surface area (Å²) in [5.41, 5.74) is 3.79. The first-order valence-electron chi connectivity index (χ1n) is 7.67. The number of pyridine rings is 1. The fourth-order valence-corrected chi connectivity index (χ4v) is 3.48. The van der Waals surface area contributed by atoms with Crippen LogP contribution in [0.25, 0.3) is 0 Å². The summed E-state index contributed by atoms with van der Waals surface area (Å²) in [6.07, 6.45) is 1.68. The van der Waals surface area contributed by atoms with Crippen molar-refractivity contribution in [3.8, 4) is 0 Å². The van der Waals surface area contributed by atoms with Gasteiger partial charge in [0.05, 0.1) is 5.71 Å². The third-order valence-corrected chi connectivity index (χ3v) is 4.87. The van der Waals surface area contributed by atoms with E-state index in [2.05, 4.69) is 10.3 Å². The lowest BCUT2D eigenvalue weighted by molar-refractivity contribution is -0.117. The topological polar surface area (TPSA) is 54.4 Å². The van der Waals surface area contributed by atoms with Crippen molar-refractivity contribution >= 4 is 28.8 Å². The van der Waals surface area contributed by atoms with Crippen LogP contribution in [0.2, 0.25) is 0 Å². The van der Waals surface area contributed by atoms with Gasteiger partial charge in [0.1, 0.15) is 5.82 Å². The maximum absolute atomic E-state index is 12.7. The molecule has 118 valence electrons. The number of nitrogens with zero attached hydrogens (tertiary/aromatic N) is 2. The van der Waals surface area contributed by atoms with Crippen molar-refractivity contribution in [1.29, 1.82) is 0 Å². The van der Waals surface area contributed by atoms with Crippen molar-refractivity contribution in [2.24, 2.45) is 4.99 Å². The monoisotopic (exact) mass is 333 g/mol. The van der Waals surface area contributed by atoms with Crippen LogP contribution in [-0.2, 0) is 4.79 Å². The van der Waals surface area contributed by atoms with E-state index in [1.165, 1.54) is 16.9 Å². The molecule has 0 bridgehead atoms. The number of carbonyl (C=O) groups excluding carboxylic acids is 1. The van der Waals surface area contributed by atoms with E-state index in [0.29, 0.717) is 5.82 Å². The normalized spacial score (nSPS) is 16.8. The minimum absolute atomic E-state index is 0.153. The Labute approximate surface area is 143 Å². The molecular weight excluding hydrogens is 318 g/mol. The van der Waals surface area contributed by atoms with Crippen LogP contribution in [0.5, 0.6) is 0 Å². The fourth-order valence-electron chi connectivity index (χ4n) is 2.72. The van der Waals surface area contributed by atoms with Crippen molar-refractivity contribution in [2.75, 3.05) is 5.32 Å². The van der Waals surface area contributed by atoms with Crippen LogP contribution in [-0.4, -0.2) is 16.6 Å². The van der Waals surface area contributed by atoms with E-state index < -0.39 is 6.04 Å². The number of hydrogen-bond donors (Lipinski definition) is 1. The zero-order valence-electron chi connectivity index (χ0n) is 13.1. The van der Waals surface area contributed by atoms with Gasteiger partial charge in [0.25, 0.3) is 5.91 Å². The number of aryl methyl sites for hydroxylation is 1. The van der Waals surface area contributed by atoms with Crippen LogP contribution < -0.4 is 5.32 Å². The quantitative estimate of drug-likeness (QED) is 0.771. The number of aromatic nitrogens is 1. The summed E-state index contributed by atoms with van der Waals surface area (Å²) in [7, 11) is 0. The lowest BCUT2D eigenvalue weighted by Gasteiger charge is -2.09. The second kappa shape index (κ2) is 6.02. The zero-order valence-corrected chi connectivity index (χ0v) is 13.9. The van der Waals surface area contributed by atoms with Gasteiger partial charge >= 0.3 is 0 Å². The molecule has 1 aromatic carbocycles. The maximum atomic E-state index is 12.7. The highest BCUT2D eigenvalue weighted by Crippen LogP contribution is 2.30. The van der Waals surface area contributed by atoms with Gasteiger partial charge in [-0.3, -0.25) is 9.79 Å². The Morgan fingerprint density at radius 1 is 1.08 bits per heavy atom. The van der Waals surface area contributed by atoms with Crippen molar-refractivity contribution in [2.45, 2.75) is 13.0 Å². The van der Waals surface area contributed by atoms with Gasteiger partial charge in [-0.2, -0.15) is 0 Å². The van der Waals surface area contributed by atoms with Crippen LogP contribution >= 0.6 is 11.3 Å². The molecule has 4 rings (SSSR count). The molecule has 1 N–H and O–H groups in total. The summed E-state index contributed by atoms with van der Waals surface area (Å²) < 4.78 is 0. The molecule has 0 spiro atoms. The van der Waals surface area contributed by atoms with E-state index in [1.807, 2.05) is 60.8 Å². The van der Waals surface area contributed by atoms with Gasteiger partial charge in [-0.25, -0.2) is 4.98 Å². The lowest BCUT2D eigenvalue weighted by atomic mass is 10.0. The van der Waals surface area contributed by atoms with Crippen molar-refractivity contribution in [3.05, 3.63) is 81.7 Å². The average molecular weight is 333 g/mol. The number of anilines is 1. The molecule has 3 aromatic rings. The van der Waals surface area contributed by atoms with Crippen molar-refractivity contribution in [1.82, 2.24) is 4.98 Å². The van der Waals surface area contributed by atoms with E-state index in [9.17, 15) is 4.79 Å². The Kier molecular flexibility index (Phi) is 3.70. The number of fused-ring (bicyclic) bond motifs is 1. The van der Waals surface area contributed by atoms with Gasteiger partial charge in [-0.1, -0.05) is 35.9 Å². The molecule has 0 radical (unpaired) electrons. The Bertz CT molecular complexity index is 914. The first kappa shape index (κ1) is 14.8. The van der Waals surface area contributed by atoms with Gasteiger partial charge in [-0.15, -0.1) is 11.3 Å². The molecule has 0 saturated carbocycles. The van der Waals surface area contributed by atoms with E-state index in [-0.39, 0.29) is 5.91 Å². The number of aliphatic imine (C=N–C) groups is 1. The molecule has 2 aromatic heterocycles. The molecule has 1 aliphatic heterocycles. The molecular formula is C19H15N3OS. The highest BCUT2D eigenvalue weighted by atomic mass is 32.1.